The van der Waals surface area contributed by atoms with Crippen molar-refractivity contribution in [1.82, 2.24) is 15.0 Å². The van der Waals surface area contributed by atoms with Crippen LogP contribution in [0.25, 0.3) is 0 Å². The molecule has 0 radical (unpaired) electrons. The molecule has 0 rings (SSSR count). The smallest absolute Gasteiger partial charge is 0.0233 e. The van der Waals surface area contributed by atoms with E-state index in [0.717, 1.165) is 26.2 Å². The van der Waals surface area contributed by atoms with Crippen LogP contribution in [0.2, 0.25) is 0 Å². The molecular formula is C4H11Cl2N3. The average molecular weight is 172 g/mol. The van der Waals surface area contributed by atoms with E-state index >= 15 is 0 Å². The van der Waals surface area contributed by atoms with Crippen LogP contribution in [0.3, 0.4) is 0 Å². The van der Waals surface area contributed by atoms with Crippen LogP contribution < -0.4 is 15.0 Å². The van der Waals surface area contributed by atoms with Gasteiger partial charge in [0, 0.05) is 26.2 Å². The topological polar surface area (TPSA) is 36.1 Å². The summed E-state index contributed by atoms with van der Waals surface area (Å²) in [5.41, 5.74) is 0. The lowest BCUT2D eigenvalue weighted by Gasteiger charge is -2.00. The van der Waals surface area contributed by atoms with Crippen LogP contribution in [0.4, 0.5) is 0 Å². The predicted molar refractivity (Wildman–Crippen MR) is 40.6 cm³/mol. The third-order valence-corrected chi connectivity index (χ3v) is 1.17. The van der Waals surface area contributed by atoms with Gasteiger partial charge in [0.1, 0.15) is 0 Å². The van der Waals surface area contributed by atoms with Crippen LogP contribution in [0, 0.1) is 0 Å². The molecular weight excluding hydrogens is 161 g/mol. The predicted octanol–water partition coefficient (Wildman–Crippen LogP) is 0.0628. The lowest BCUT2D eigenvalue weighted by Crippen LogP contribution is -2.27. The molecule has 0 heterocycles. The molecule has 0 aromatic heterocycles. The van der Waals surface area contributed by atoms with Gasteiger partial charge in [0.25, 0.3) is 0 Å². The Hall–Kier alpha value is 0.460. The number of nitrogens with one attached hydrogen (secondary N) is 3. The second kappa shape index (κ2) is 8.46. The molecule has 0 aliphatic rings. The van der Waals surface area contributed by atoms with E-state index in [2.05, 4.69) is 15.0 Å². The summed E-state index contributed by atoms with van der Waals surface area (Å²) in [7, 11) is 0. The average Bonchev–Trinajstić information content (AvgIpc) is 1.89. The van der Waals surface area contributed by atoms with E-state index in [1.165, 1.54) is 0 Å². The van der Waals surface area contributed by atoms with E-state index in [-0.39, 0.29) is 0 Å². The molecule has 0 aromatic rings. The summed E-state index contributed by atoms with van der Waals surface area (Å²) in [5.74, 6) is 0. The molecule has 0 aliphatic carbocycles. The van der Waals surface area contributed by atoms with Gasteiger partial charge >= 0.3 is 0 Å². The van der Waals surface area contributed by atoms with Gasteiger partial charge in [-0.25, -0.2) is 9.67 Å². The molecule has 0 amide bonds. The van der Waals surface area contributed by atoms with Crippen molar-refractivity contribution in [3.05, 3.63) is 0 Å². The first-order chi connectivity index (χ1) is 4.41. The first-order valence-electron chi connectivity index (χ1n) is 2.79. The molecule has 0 fully saturated rings. The largest absolute Gasteiger partial charge is 0.314 e. The zero-order valence-corrected chi connectivity index (χ0v) is 6.60. The SMILES string of the molecule is ClNCCNCCNCl. The second-order valence-corrected chi connectivity index (χ2v) is 2.05. The minimum atomic E-state index is 0.768. The van der Waals surface area contributed by atoms with Crippen molar-refractivity contribution < 1.29 is 0 Å². The lowest BCUT2D eigenvalue weighted by atomic mass is 10.6. The minimum Gasteiger partial charge on any atom is -0.314 e. The van der Waals surface area contributed by atoms with Gasteiger partial charge in [-0.05, 0) is 23.6 Å². The molecule has 3 N–H and O–H groups in total. The number of hydrogen-bond donors (Lipinski definition) is 3. The van der Waals surface area contributed by atoms with Gasteiger partial charge in [-0.2, -0.15) is 0 Å². The van der Waals surface area contributed by atoms with E-state index in [1.54, 1.807) is 0 Å². The van der Waals surface area contributed by atoms with Gasteiger partial charge in [-0.1, -0.05) is 0 Å². The molecule has 9 heavy (non-hydrogen) atoms. The van der Waals surface area contributed by atoms with E-state index < -0.39 is 0 Å². The third-order valence-electron chi connectivity index (χ3n) is 0.793. The van der Waals surface area contributed by atoms with E-state index in [1.807, 2.05) is 0 Å². The highest BCUT2D eigenvalue weighted by molar-refractivity contribution is 6.13. The Labute approximate surface area is 65.3 Å². The highest BCUT2D eigenvalue weighted by atomic mass is 35.5. The van der Waals surface area contributed by atoms with Crippen molar-refractivity contribution >= 4 is 23.6 Å². The summed E-state index contributed by atoms with van der Waals surface area (Å²) in [6.45, 7) is 3.26. The second-order valence-electron chi connectivity index (χ2n) is 1.52. The Kier molecular flexibility index (Phi) is 8.89. The van der Waals surface area contributed by atoms with E-state index in [9.17, 15) is 0 Å². The summed E-state index contributed by atoms with van der Waals surface area (Å²) in [4.78, 5) is 5.00. The van der Waals surface area contributed by atoms with Crippen molar-refractivity contribution in [2.45, 2.75) is 0 Å². The fourth-order valence-corrected chi connectivity index (χ4v) is 0.585. The van der Waals surface area contributed by atoms with E-state index in [0.29, 0.717) is 0 Å². The Morgan fingerprint density at radius 3 is 1.56 bits per heavy atom. The fraction of sp³-hybridized carbons (Fsp3) is 1.00. The molecule has 5 heteroatoms. The van der Waals surface area contributed by atoms with Crippen molar-refractivity contribution in [3.8, 4) is 0 Å². The quantitative estimate of drug-likeness (QED) is 0.391. The summed E-state index contributed by atoms with van der Waals surface area (Å²) < 4.78 is 0. The monoisotopic (exact) mass is 171 g/mol. The molecule has 0 unspecified atom stereocenters. The first kappa shape index (κ1) is 9.46. The fourth-order valence-electron chi connectivity index (χ4n) is 0.396. The Bertz CT molecular complexity index is 47.1. The van der Waals surface area contributed by atoms with Crippen LogP contribution in [0.1, 0.15) is 0 Å². The maximum absolute atomic E-state index is 5.18. The van der Waals surface area contributed by atoms with Crippen LogP contribution in [-0.2, 0) is 0 Å². The highest BCUT2D eigenvalue weighted by Crippen LogP contribution is 1.63. The van der Waals surface area contributed by atoms with Crippen LogP contribution in [0.5, 0.6) is 0 Å². The molecule has 0 bridgehead atoms. The van der Waals surface area contributed by atoms with Crippen LogP contribution in [0.15, 0.2) is 0 Å². The van der Waals surface area contributed by atoms with Crippen molar-refractivity contribution in [3.63, 3.8) is 0 Å². The number of rotatable bonds is 6. The highest BCUT2D eigenvalue weighted by Gasteiger charge is 1.83. The van der Waals surface area contributed by atoms with E-state index in [4.69, 9.17) is 23.6 Å². The molecule has 0 aliphatic heterocycles. The molecule has 0 saturated carbocycles. The lowest BCUT2D eigenvalue weighted by molar-refractivity contribution is 0.669. The molecule has 0 atom stereocenters. The van der Waals surface area contributed by atoms with Gasteiger partial charge in [-0.3, -0.25) is 0 Å². The van der Waals surface area contributed by atoms with Gasteiger partial charge in [0.05, 0.1) is 0 Å². The maximum atomic E-state index is 5.18. The minimum absolute atomic E-state index is 0.768. The maximum Gasteiger partial charge on any atom is 0.0233 e. The van der Waals surface area contributed by atoms with Gasteiger partial charge in [0.2, 0.25) is 0 Å². The third kappa shape index (κ3) is 8.46. The summed E-state index contributed by atoms with van der Waals surface area (Å²) in [6.07, 6.45) is 0. The van der Waals surface area contributed by atoms with Crippen molar-refractivity contribution in [2.24, 2.45) is 0 Å². The molecule has 56 valence electrons. The molecule has 3 nitrogen and oxygen atoms in total. The normalized spacial score (nSPS) is 10.0. The summed E-state index contributed by atoms with van der Waals surface area (Å²) in [6, 6.07) is 0. The molecule has 0 aromatic carbocycles. The van der Waals surface area contributed by atoms with Gasteiger partial charge in [-0.15, -0.1) is 0 Å². The Morgan fingerprint density at radius 2 is 1.22 bits per heavy atom. The number of halogens is 2. The summed E-state index contributed by atoms with van der Waals surface area (Å²) >= 11 is 10.4. The standard InChI is InChI=1S/C4H11Cl2N3/c5-8-3-1-7-2-4-9-6/h7-9H,1-4H2. The molecule has 0 saturated heterocycles. The van der Waals surface area contributed by atoms with Gasteiger partial charge < -0.3 is 5.32 Å². The van der Waals surface area contributed by atoms with Crippen LogP contribution in [-0.4, -0.2) is 26.2 Å². The van der Waals surface area contributed by atoms with Crippen LogP contribution >= 0.6 is 23.6 Å². The van der Waals surface area contributed by atoms with Gasteiger partial charge in [0.15, 0.2) is 0 Å². The number of hydrogen-bond acceptors (Lipinski definition) is 3. The molecule has 0 spiro atoms. The zero-order valence-electron chi connectivity index (χ0n) is 5.08. The van der Waals surface area contributed by atoms with Crippen molar-refractivity contribution in [2.75, 3.05) is 26.2 Å². The first-order valence-corrected chi connectivity index (χ1v) is 3.55. The van der Waals surface area contributed by atoms with Crippen molar-refractivity contribution in [1.29, 1.82) is 0 Å². The summed E-state index contributed by atoms with van der Waals surface area (Å²) in [5, 5.41) is 3.09. The zero-order chi connectivity index (χ0) is 6.95. The Balaban J connectivity index is 2.60. The Morgan fingerprint density at radius 1 is 0.778 bits per heavy atom.